The molecule has 1 aromatic rings. The zero-order valence-electron chi connectivity index (χ0n) is 8.95. The van der Waals surface area contributed by atoms with E-state index in [1.165, 1.54) is 30.6 Å². The molecule has 0 spiro atoms. The lowest BCUT2D eigenvalue weighted by Crippen LogP contribution is -2.36. The van der Waals surface area contributed by atoms with Crippen molar-refractivity contribution in [3.63, 3.8) is 0 Å². The topological polar surface area (TPSA) is 42.0 Å². The molecule has 0 saturated heterocycles. The van der Waals surface area contributed by atoms with Crippen LogP contribution in [0.1, 0.15) is 47.6 Å². The van der Waals surface area contributed by atoms with E-state index >= 15 is 0 Å². The summed E-state index contributed by atoms with van der Waals surface area (Å²) >= 11 is 1.42. The lowest BCUT2D eigenvalue weighted by atomic mass is 9.95. The predicted molar refractivity (Wildman–Crippen MR) is 61.2 cm³/mol. The van der Waals surface area contributed by atoms with E-state index in [4.69, 9.17) is 0 Å². The number of carbonyl (C=O) groups excluding carboxylic acids is 1. The first-order valence-corrected chi connectivity index (χ1v) is 6.36. The van der Waals surface area contributed by atoms with Crippen molar-refractivity contribution < 1.29 is 4.79 Å². The first-order valence-electron chi connectivity index (χ1n) is 5.49. The maximum absolute atomic E-state index is 11.8. The first kappa shape index (κ1) is 10.6. The van der Waals surface area contributed by atoms with E-state index in [-0.39, 0.29) is 5.91 Å². The lowest BCUT2D eigenvalue weighted by Gasteiger charge is -2.22. The molecule has 1 aliphatic carbocycles. The van der Waals surface area contributed by atoms with Crippen LogP contribution in [0.2, 0.25) is 0 Å². The van der Waals surface area contributed by atoms with Crippen LogP contribution in [0.3, 0.4) is 0 Å². The maximum atomic E-state index is 11.8. The van der Waals surface area contributed by atoms with Gasteiger partial charge < -0.3 is 5.32 Å². The molecule has 82 valence electrons. The number of thiazole rings is 1. The van der Waals surface area contributed by atoms with E-state index in [1.807, 2.05) is 12.3 Å². The van der Waals surface area contributed by atoms with Crippen LogP contribution in [0.5, 0.6) is 0 Å². The van der Waals surface area contributed by atoms with Gasteiger partial charge in [-0.25, -0.2) is 4.98 Å². The minimum Gasteiger partial charge on any atom is -0.347 e. The zero-order chi connectivity index (χ0) is 10.7. The number of rotatable bonds is 2. The van der Waals surface area contributed by atoms with E-state index in [0.29, 0.717) is 11.0 Å². The Morgan fingerprint density at radius 1 is 1.47 bits per heavy atom. The summed E-state index contributed by atoms with van der Waals surface area (Å²) in [4.78, 5) is 15.9. The fraction of sp³-hybridized carbons (Fsp3) is 0.636. The van der Waals surface area contributed by atoms with Gasteiger partial charge >= 0.3 is 0 Å². The smallest absolute Gasteiger partial charge is 0.280 e. The summed E-state index contributed by atoms with van der Waals surface area (Å²) in [6.45, 7) is 1.91. The number of amides is 1. The fourth-order valence-electron chi connectivity index (χ4n) is 1.95. The van der Waals surface area contributed by atoms with Gasteiger partial charge in [0.1, 0.15) is 0 Å². The third-order valence-corrected chi connectivity index (χ3v) is 3.71. The highest BCUT2D eigenvalue weighted by Crippen LogP contribution is 2.18. The zero-order valence-corrected chi connectivity index (χ0v) is 9.77. The van der Waals surface area contributed by atoms with Crippen LogP contribution in [0, 0.1) is 6.92 Å². The van der Waals surface area contributed by atoms with Gasteiger partial charge in [0.2, 0.25) is 0 Å². The Kier molecular flexibility index (Phi) is 3.36. The standard InChI is InChI=1S/C11H16N2OS/c1-8-7-15-11(12-8)10(14)13-9-5-3-2-4-6-9/h7,9H,2-6H2,1H3,(H,13,14). The van der Waals surface area contributed by atoms with Crippen molar-refractivity contribution in [1.29, 1.82) is 0 Å². The first-order chi connectivity index (χ1) is 7.25. The largest absolute Gasteiger partial charge is 0.347 e. The molecule has 0 aliphatic heterocycles. The lowest BCUT2D eigenvalue weighted by molar-refractivity contribution is 0.0927. The van der Waals surface area contributed by atoms with E-state index in [1.54, 1.807) is 0 Å². The molecule has 1 heterocycles. The van der Waals surface area contributed by atoms with Crippen LogP contribution in [0.4, 0.5) is 0 Å². The van der Waals surface area contributed by atoms with Crippen LogP contribution < -0.4 is 5.32 Å². The van der Waals surface area contributed by atoms with Crippen LogP contribution in [0.15, 0.2) is 5.38 Å². The van der Waals surface area contributed by atoms with Crippen LogP contribution >= 0.6 is 11.3 Å². The number of aryl methyl sites for hydroxylation is 1. The minimum absolute atomic E-state index is 0.000000000000000222. The molecule has 1 amide bonds. The summed E-state index contributed by atoms with van der Waals surface area (Å²) in [6, 6.07) is 0.371. The van der Waals surface area contributed by atoms with E-state index < -0.39 is 0 Å². The molecule has 0 aromatic carbocycles. The highest BCUT2D eigenvalue weighted by molar-refractivity contribution is 7.11. The number of carbonyl (C=O) groups is 1. The van der Waals surface area contributed by atoms with Gasteiger partial charge in [-0.3, -0.25) is 4.79 Å². The van der Waals surface area contributed by atoms with Gasteiger partial charge in [-0.1, -0.05) is 19.3 Å². The molecular formula is C11H16N2OS. The molecule has 0 unspecified atom stereocenters. The summed E-state index contributed by atoms with van der Waals surface area (Å²) in [5.74, 6) is 0.000000000000000222. The number of aromatic nitrogens is 1. The number of hydrogen-bond acceptors (Lipinski definition) is 3. The number of nitrogens with one attached hydrogen (secondary N) is 1. The van der Waals surface area contributed by atoms with Crippen molar-refractivity contribution in [3.05, 3.63) is 16.1 Å². The number of nitrogens with zero attached hydrogens (tertiary/aromatic N) is 1. The fourth-order valence-corrected chi connectivity index (χ4v) is 2.65. The molecule has 2 rings (SSSR count). The van der Waals surface area contributed by atoms with Crippen molar-refractivity contribution in [2.75, 3.05) is 0 Å². The maximum Gasteiger partial charge on any atom is 0.280 e. The predicted octanol–water partition coefficient (Wildman–Crippen LogP) is 2.51. The van der Waals surface area contributed by atoms with Gasteiger partial charge in [0, 0.05) is 17.1 Å². The minimum atomic E-state index is 0.000000000000000222. The highest BCUT2D eigenvalue weighted by atomic mass is 32.1. The van der Waals surface area contributed by atoms with Gasteiger partial charge in [0.15, 0.2) is 5.01 Å². The van der Waals surface area contributed by atoms with Gasteiger partial charge in [-0.05, 0) is 19.8 Å². The Morgan fingerprint density at radius 2 is 2.20 bits per heavy atom. The third kappa shape index (κ3) is 2.78. The molecule has 1 aliphatic rings. The Bertz CT molecular complexity index is 342. The summed E-state index contributed by atoms with van der Waals surface area (Å²) in [5.41, 5.74) is 0.925. The Morgan fingerprint density at radius 3 is 2.80 bits per heavy atom. The van der Waals surface area contributed by atoms with Crippen LogP contribution in [0.25, 0.3) is 0 Å². The second kappa shape index (κ2) is 4.75. The molecule has 1 N–H and O–H groups in total. The monoisotopic (exact) mass is 224 g/mol. The Balaban J connectivity index is 1.91. The second-order valence-corrected chi connectivity index (χ2v) is 4.96. The van der Waals surface area contributed by atoms with E-state index in [9.17, 15) is 4.79 Å². The Labute approximate surface area is 93.9 Å². The van der Waals surface area contributed by atoms with Crippen LogP contribution in [-0.2, 0) is 0 Å². The molecular weight excluding hydrogens is 208 g/mol. The van der Waals surface area contributed by atoms with Crippen molar-refractivity contribution in [3.8, 4) is 0 Å². The van der Waals surface area contributed by atoms with Crippen molar-refractivity contribution in [2.24, 2.45) is 0 Å². The molecule has 1 saturated carbocycles. The third-order valence-electron chi connectivity index (χ3n) is 2.75. The van der Waals surface area contributed by atoms with Gasteiger partial charge in [-0.2, -0.15) is 0 Å². The van der Waals surface area contributed by atoms with Gasteiger partial charge in [0.25, 0.3) is 5.91 Å². The average Bonchev–Trinajstić information content (AvgIpc) is 2.66. The average molecular weight is 224 g/mol. The summed E-state index contributed by atoms with van der Waals surface area (Å²) < 4.78 is 0. The normalized spacial score (nSPS) is 17.7. The molecule has 0 bridgehead atoms. The van der Waals surface area contributed by atoms with Crippen molar-refractivity contribution in [1.82, 2.24) is 10.3 Å². The van der Waals surface area contributed by atoms with Crippen LogP contribution in [-0.4, -0.2) is 16.9 Å². The molecule has 4 heteroatoms. The summed E-state index contributed by atoms with van der Waals surface area (Å²) in [7, 11) is 0. The SMILES string of the molecule is Cc1csc(C(=O)NC2CCCCC2)n1. The van der Waals surface area contributed by atoms with E-state index in [2.05, 4.69) is 10.3 Å². The molecule has 0 atom stereocenters. The Hall–Kier alpha value is -0.900. The van der Waals surface area contributed by atoms with Gasteiger partial charge in [0.05, 0.1) is 0 Å². The molecule has 1 fully saturated rings. The van der Waals surface area contributed by atoms with E-state index in [0.717, 1.165) is 18.5 Å². The number of hydrogen-bond donors (Lipinski definition) is 1. The van der Waals surface area contributed by atoms with Gasteiger partial charge in [-0.15, -0.1) is 11.3 Å². The second-order valence-electron chi connectivity index (χ2n) is 4.10. The quantitative estimate of drug-likeness (QED) is 0.838. The molecule has 3 nitrogen and oxygen atoms in total. The highest BCUT2D eigenvalue weighted by Gasteiger charge is 2.17. The summed E-state index contributed by atoms with van der Waals surface area (Å²) in [5, 5.41) is 5.57. The molecule has 15 heavy (non-hydrogen) atoms. The molecule has 1 aromatic heterocycles. The van der Waals surface area contributed by atoms with Crippen molar-refractivity contribution >= 4 is 17.2 Å². The van der Waals surface area contributed by atoms with Crippen molar-refractivity contribution in [2.45, 2.75) is 45.1 Å². The summed E-state index contributed by atoms with van der Waals surface area (Å²) in [6.07, 6.45) is 6.03. The molecule has 0 radical (unpaired) electrons.